The number of aliphatic hydroxyl groups is 1. The van der Waals surface area contributed by atoms with Crippen molar-refractivity contribution in [2.45, 2.75) is 37.2 Å². The van der Waals surface area contributed by atoms with Gasteiger partial charge >= 0.3 is 0 Å². The molecule has 9 heteroatoms. The molecule has 0 saturated carbocycles. The van der Waals surface area contributed by atoms with Gasteiger partial charge in [-0.2, -0.15) is 0 Å². The van der Waals surface area contributed by atoms with Crippen LogP contribution in [0.5, 0.6) is 0 Å². The molecule has 1 saturated heterocycles. The van der Waals surface area contributed by atoms with E-state index in [1.807, 2.05) is 48.5 Å². The quantitative estimate of drug-likeness (QED) is 0.237. The first-order chi connectivity index (χ1) is 18.6. The van der Waals surface area contributed by atoms with Crippen LogP contribution in [-0.2, 0) is 16.1 Å². The highest BCUT2D eigenvalue weighted by atomic mass is 32.2. The standard InChI is InChI=1S/C29H28N4O4S/c1-19-25(18-38-29-31-13-4-14-32-29)36-28(37-26(19)21-10-8-20(17-34)9-11-21)22-5-2-7-24(15-22)33-27(35)23-6-3-12-30-16-23/h2-16,19,25-26,28,34H,17-18H2,1H3,(H,33,35)/t19-,25+,26+,28+/m1/s1. The van der Waals surface area contributed by atoms with Gasteiger partial charge in [-0.3, -0.25) is 9.78 Å². The van der Waals surface area contributed by atoms with Crippen LogP contribution in [0.25, 0.3) is 0 Å². The lowest BCUT2D eigenvalue weighted by Crippen LogP contribution is -2.38. The van der Waals surface area contributed by atoms with Gasteiger partial charge in [0.05, 0.1) is 24.4 Å². The number of amides is 1. The molecule has 2 N–H and O–H groups in total. The van der Waals surface area contributed by atoms with E-state index >= 15 is 0 Å². The van der Waals surface area contributed by atoms with Crippen molar-refractivity contribution in [1.29, 1.82) is 0 Å². The summed E-state index contributed by atoms with van der Waals surface area (Å²) >= 11 is 1.54. The van der Waals surface area contributed by atoms with Gasteiger partial charge in [-0.05, 0) is 41.5 Å². The van der Waals surface area contributed by atoms with E-state index in [1.165, 1.54) is 6.20 Å². The van der Waals surface area contributed by atoms with Crippen molar-refractivity contribution in [2.24, 2.45) is 5.92 Å². The summed E-state index contributed by atoms with van der Waals surface area (Å²) in [7, 11) is 0. The van der Waals surface area contributed by atoms with Crippen LogP contribution in [0.4, 0.5) is 5.69 Å². The number of rotatable bonds is 8. The highest BCUT2D eigenvalue weighted by Gasteiger charge is 2.38. The summed E-state index contributed by atoms with van der Waals surface area (Å²) in [6.45, 7) is 2.10. The molecule has 8 nitrogen and oxygen atoms in total. The van der Waals surface area contributed by atoms with Gasteiger partial charge in [0, 0.05) is 47.7 Å². The minimum absolute atomic E-state index is 0.0129. The van der Waals surface area contributed by atoms with Crippen molar-refractivity contribution in [1.82, 2.24) is 15.0 Å². The van der Waals surface area contributed by atoms with Crippen LogP contribution in [0.15, 0.2) is 96.7 Å². The van der Waals surface area contributed by atoms with Crippen molar-refractivity contribution in [3.63, 3.8) is 0 Å². The lowest BCUT2D eigenvalue weighted by Gasteiger charge is -2.41. The molecule has 0 bridgehead atoms. The maximum atomic E-state index is 12.7. The molecule has 1 aliphatic rings. The van der Waals surface area contributed by atoms with Gasteiger partial charge in [0.25, 0.3) is 5.91 Å². The predicted molar refractivity (Wildman–Crippen MR) is 144 cm³/mol. The number of benzene rings is 2. The minimum Gasteiger partial charge on any atom is -0.392 e. The van der Waals surface area contributed by atoms with Crippen LogP contribution in [0.1, 0.15) is 46.4 Å². The molecule has 4 aromatic rings. The van der Waals surface area contributed by atoms with Crippen molar-refractivity contribution in [3.05, 3.63) is 114 Å². The molecule has 4 atom stereocenters. The first-order valence-corrected chi connectivity index (χ1v) is 13.3. The average Bonchev–Trinajstić information content (AvgIpc) is 2.98. The highest BCUT2D eigenvalue weighted by molar-refractivity contribution is 7.99. The Morgan fingerprint density at radius 3 is 2.53 bits per heavy atom. The third kappa shape index (κ3) is 6.25. The number of aliphatic hydroxyl groups excluding tert-OH is 1. The molecule has 5 rings (SSSR count). The first-order valence-electron chi connectivity index (χ1n) is 12.3. The molecular weight excluding hydrogens is 500 g/mol. The van der Waals surface area contributed by atoms with E-state index in [9.17, 15) is 9.90 Å². The molecule has 1 fully saturated rings. The SMILES string of the molecule is C[C@@H]1[C@H](CSc2ncccn2)O[C@H](c2cccc(NC(=O)c3cccnc3)c2)O[C@@H]1c1ccc(CO)cc1. The lowest BCUT2D eigenvalue weighted by atomic mass is 9.91. The molecule has 1 amide bonds. The molecule has 1 aliphatic heterocycles. The van der Waals surface area contributed by atoms with Gasteiger partial charge in [-0.25, -0.2) is 9.97 Å². The molecule has 3 heterocycles. The van der Waals surface area contributed by atoms with Crippen LogP contribution in [-0.4, -0.2) is 37.8 Å². The minimum atomic E-state index is -0.647. The third-order valence-corrected chi connectivity index (χ3v) is 7.35. The van der Waals surface area contributed by atoms with E-state index in [-0.39, 0.29) is 30.6 Å². The molecule has 0 unspecified atom stereocenters. The van der Waals surface area contributed by atoms with Crippen LogP contribution in [0.2, 0.25) is 0 Å². The molecule has 2 aromatic heterocycles. The zero-order valence-corrected chi connectivity index (χ0v) is 21.6. The Morgan fingerprint density at radius 1 is 0.974 bits per heavy atom. The number of aromatic nitrogens is 3. The van der Waals surface area contributed by atoms with Crippen molar-refractivity contribution >= 4 is 23.4 Å². The van der Waals surface area contributed by atoms with E-state index in [0.717, 1.165) is 16.7 Å². The fraction of sp³-hybridized carbons (Fsp3) is 0.241. The monoisotopic (exact) mass is 528 g/mol. The summed E-state index contributed by atoms with van der Waals surface area (Å²) in [4.78, 5) is 25.3. The predicted octanol–water partition coefficient (Wildman–Crippen LogP) is 5.20. The summed E-state index contributed by atoms with van der Waals surface area (Å²) in [5.41, 5.74) is 3.76. The maximum absolute atomic E-state index is 12.7. The van der Waals surface area contributed by atoms with Crippen LogP contribution in [0, 0.1) is 5.92 Å². The first kappa shape index (κ1) is 26.0. The van der Waals surface area contributed by atoms with Gasteiger partial charge in [-0.1, -0.05) is 55.1 Å². The second-order valence-electron chi connectivity index (χ2n) is 8.99. The zero-order valence-electron chi connectivity index (χ0n) is 20.8. The Kier molecular flexibility index (Phi) is 8.40. The summed E-state index contributed by atoms with van der Waals surface area (Å²) in [5.74, 6) is 0.442. The molecule has 0 radical (unpaired) electrons. The number of pyridine rings is 1. The van der Waals surface area contributed by atoms with E-state index in [0.29, 0.717) is 22.2 Å². The Morgan fingerprint density at radius 2 is 1.79 bits per heavy atom. The second-order valence-corrected chi connectivity index (χ2v) is 9.97. The number of anilines is 1. The fourth-order valence-electron chi connectivity index (χ4n) is 4.29. The number of hydrogen-bond donors (Lipinski definition) is 2. The van der Waals surface area contributed by atoms with Crippen molar-refractivity contribution in [2.75, 3.05) is 11.1 Å². The second kappa shape index (κ2) is 12.3. The van der Waals surface area contributed by atoms with E-state index in [4.69, 9.17) is 9.47 Å². The fourth-order valence-corrected chi connectivity index (χ4v) is 5.26. The molecule has 2 aromatic carbocycles. The summed E-state index contributed by atoms with van der Waals surface area (Å²) in [6, 6.07) is 20.5. The topological polar surface area (TPSA) is 106 Å². The Labute approximate surface area is 225 Å². The van der Waals surface area contributed by atoms with Crippen LogP contribution >= 0.6 is 11.8 Å². The number of hydrogen-bond acceptors (Lipinski definition) is 8. The Balaban J connectivity index is 1.38. The van der Waals surface area contributed by atoms with E-state index in [2.05, 4.69) is 27.2 Å². The number of nitrogens with one attached hydrogen (secondary N) is 1. The van der Waals surface area contributed by atoms with Crippen LogP contribution in [0.3, 0.4) is 0 Å². The third-order valence-electron chi connectivity index (χ3n) is 6.38. The highest BCUT2D eigenvalue weighted by Crippen LogP contribution is 2.43. The van der Waals surface area contributed by atoms with Crippen molar-refractivity contribution in [3.8, 4) is 0 Å². The summed E-state index contributed by atoms with van der Waals surface area (Å²) in [6.07, 6.45) is 5.57. The number of nitrogens with zero attached hydrogens (tertiary/aromatic N) is 3. The number of thioether (sulfide) groups is 1. The number of carbonyl (C=O) groups excluding carboxylic acids is 1. The summed E-state index contributed by atoms with van der Waals surface area (Å²) < 4.78 is 13.0. The molecular formula is C29H28N4O4S. The zero-order chi connectivity index (χ0) is 26.3. The lowest BCUT2D eigenvalue weighted by molar-refractivity contribution is -0.268. The Hall–Kier alpha value is -3.63. The van der Waals surface area contributed by atoms with Gasteiger partial charge in [-0.15, -0.1) is 0 Å². The Bertz CT molecular complexity index is 1340. The average molecular weight is 529 g/mol. The van der Waals surface area contributed by atoms with Crippen LogP contribution < -0.4 is 5.32 Å². The largest absolute Gasteiger partial charge is 0.392 e. The van der Waals surface area contributed by atoms with Crippen molar-refractivity contribution < 1.29 is 19.4 Å². The molecule has 0 aliphatic carbocycles. The summed E-state index contributed by atoms with van der Waals surface area (Å²) in [5, 5.41) is 13.1. The normalized spacial score (nSPS) is 21.1. The van der Waals surface area contributed by atoms with Gasteiger partial charge < -0.3 is 19.9 Å². The molecule has 0 spiro atoms. The van der Waals surface area contributed by atoms with Gasteiger partial charge in [0.1, 0.15) is 0 Å². The van der Waals surface area contributed by atoms with E-state index in [1.54, 1.807) is 48.6 Å². The number of ether oxygens (including phenoxy) is 2. The molecule has 194 valence electrons. The molecule has 38 heavy (non-hydrogen) atoms. The smallest absolute Gasteiger partial charge is 0.257 e. The number of carbonyl (C=O) groups is 1. The van der Waals surface area contributed by atoms with E-state index < -0.39 is 6.29 Å². The maximum Gasteiger partial charge on any atom is 0.257 e. The van der Waals surface area contributed by atoms with Gasteiger partial charge in [0.2, 0.25) is 0 Å². The van der Waals surface area contributed by atoms with Gasteiger partial charge in [0.15, 0.2) is 11.4 Å².